The minimum Gasteiger partial charge on any atom is -0.299 e. The zero-order chi connectivity index (χ0) is 11.0. The molecule has 0 heterocycles. The summed E-state index contributed by atoms with van der Waals surface area (Å²) >= 11 is 0. The van der Waals surface area contributed by atoms with Crippen LogP contribution in [0.1, 0.15) is 66.2 Å². The molecule has 0 aromatic rings. The molecule has 0 rings (SSSR count). The van der Waals surface area contributed by atoms with E-state index in [1.165, 1.54) is 12.8 Å². The van der Waals surface area contributed by atoms with Crippen molar-refractivity contribution in [2.75, 3.05) is 0 Å². The fourth-order valence-electron chi connectivity index (χ4n) is 1.98. The molecule has 14 heavy (non-hydrogen) atoms. The normalized spacial score (nSPS) is 15.1. The lowest BCUT2D eigenvalue weighted by atomic mass is 9.86. The molecule has 0 bridgehead atoms. The number of carbonyl (C=O) groups is 1. The molecule has 0 N–H and O–H groups in total. The van der Waals surface area contributed by atoms with E-state index in [-0.39, 0.29) is 5.92 Å². The molecular formula is C13H26O. The van der Waals surface area contributed by atoms with Crippen molar-refractivity contribution in [3.05, 3.63) is 0 Å². The molecule has 0 aromatic heterocycles. The van der Waals surface area contributed by atoms with Gasteiger partial charge in [-0.3, -0.25) is 4.79 Å². The van der Waals surface area contributed by atoms with E-state index in [0.717, 1.165) is 25.7 Å². The summed E-state index contributed by atoms with van der Waals surface area (Å²) in [5, 5.41) is 0. The van der Waals surface area contributed by atoms with Crippen LogP contribution in [0.15, 0.2) is 0 Å². The maximum Gasteiger partial charge on any atom is 0.138 e. The van der Waals surface area contributed by atoms with Crippen LogP contribution >= 0.6 is 0 Å². The van der Waals surface area contributed by atoms with Gasteiger partial charge in [0.05, 0.1) is 0 Å². The Hall–Kier alpha value is -0.330. The van der Waals surface area contributed by atoms with Gasteiger partial charge in [-0.1, -0.05) is 47.0 Å². The summed E-state index contributed by atoms with van der Waals surface area (Å²) in [6.07, 6.45) is 6.69. The number of unbranched alkanes of at least 4 members (excludes halogenated alkanes) is 1. The molecule has 0 saturated heterocycles. The summed E-state index contributed by atoms with van der Waals surface area (Å²) in [6.45, 7) is 8.56. The smallest absolute Gasteiger partial charge is 0.138 e. The summed E-state index contributed by atoms with van der Waals surface area (Å²) < 4.78 is 0. The van der Waals surface area contributed by atoms with Crippen LogP contribution in [-0.2, 0) is 4.79 Å². The van der Waals surface area contributed by atoms with Crippen molar-refractivity contribution < 1.29 is 4.79 Å². The Balaban J connectivity index is 4.01. The second-order valence-electron chi connectivity index (χ2n) is 4.34. The Morgan fingerprint density at radius 2 is 1.71 bits per heavy atom. The molecule has 0 aromatic carbocycles. The first-order valence-corrected chi connectivity index (χ1v) is 6.20. The summed E-state index contributed by atoms with van der Waals surface area (Å²) in [7, 11) is 0. The highest BCUT2D eigenvalue weighted by atomic mass is 16.1. The molecule has 84 valence electrons. The van der Waals surface area contributed by atoms with Gasteiger partial charge in [0.25, 0.3) is 0 Å². The molecule has 1 nitrogen and oxygen atoms in total. The molecule has 0 aliphatic rings. The Kier molecular flexibility index (Phi) is 7.83. The van der Waals surface area contributed by atoms with Gasteiger partial charge in [-0.15, -0.1) is 0 Å². The van der Waals surface area contributed by atoms with Crippen molar-refractivity contribution in [2.24, 2.45) is 11.8 Å². The summed E-state index contributed by atoms with van der Waals surface area (Å²) in [4.78, 5) is 12.0. The van der Waals surface area contributed by atoms with Gasteiger partial charge in [0.1, 0.15) is 5.78 Å². The van der Waals surface area contributed by atoms with Crippen molar-refractivity contribution in [1.29, 1.82) is 0 Å². The van der Waals surface area contributed by atoms with E-state index in [9.17, 15) is 4.79 Å². The van der Waals surface area contributed by atoms with E-state index in [4.69, 9.17) is 0 Å². The number of ketones is 1. The maximum absolute atomic E-state index is 12.0. The third-order valence-corrected chi connectivity index (χ3v) is 3.01. The number of rotatable bonds is 8. The van der Waals surface area contributed by atoms with Crippen LogP contribution in [0.25, 0.3) is 0 Å². The average molecular weight is 198 g/mol. The Labute approximate surface area is 89.3 Å². The van der Waals surface area contributed by atoms with E-state index in [1.807, 2.05) is 0 Å². The van der Waals surface area contributed by atoms with Crippen LogP contribution in [0.3, 0.4) is 0 Å². The molecule has 1 heteroatoms. The van der Waals surface area contributed by atoms with Crippen LogP contribution in [0, 0.1) is 11.8 Å². The van der Waals surface area contributed by atoms with E-state index in [2.05, 4.69) is 27.7 Å². The number of hydrogen-bond acceptors (Lipinski definition) is 1. The van der Waals surface area contributed by atoms with Crippen LogP contribution in [0.5, 0.6) is 0 Å². The highest BCUT2D eigenvalue weighted by molar-refractivity contribution is 5.83. The fraction of sp³-hybridized carbons (Fsp3) is 0.923. The summed E-state index contributed by atoms with van der Waals surface area (Å²) in [5.74, 6) is 1.11. The molecule has 2 unspecified atom stereocenters. The Morgan fingerprint density at radius 1 is 1.07 bits per heavy atom. The van der Waals surface area contributed by atoms with Gasteiger partial charge in [-0.2, -0.15) is 0 Å². The predicted molar refractivity (Wildman–Crippen MR) is 62.4 cm³/mol. The quantitative estimate of drug-likeness (QED) is 0.571. The van der Waals surface area contributed by atoms with Gasteiger partial charge in [0, 0.05) is 11.8 Å². The minimum atomic E-state index is 0.279. The molecule has 0 spiro atoms. The molecule has 0 aliphatic heterocycles. The first-order chi connectivity index (χ1) is 6.67. The fourth-order valence-corrected chi connectivity index (χ4v) is 1.98. The van der Waals surface area contributed by atoms with Crippen molar-refractivity contribution in [3.63, 3.8) is 0 Å². The van der Waals surface area contributed by atoms with E-state index < -0.39 is 0 Å². The van der Waals surface area contributed by atoms with Crippen LogP contribution < -0.4 is 0 Å². The van der Waals surface area contributed by atoms with Gasteiger partial charge in [0.2, 0.25) is 0 Å². The first kappa shape index (κ1) is 13.7. The van der Waals surface area contributed by atoms with Gasteiger partial charge >= 0.3 is 0 Å². The zero-order valence-corrected chi connectivity index (χ0v) is 10.3. The highest BCUT2D eigenvalue weighted by Crippen LogP contribution is 2.20. The maximum atomic E-state index is 12.0. The van der Waals surface area contributed by atoms with Crippen LogP contribution in [0.2, 0.25) is 0 Å². The van der Waals surface area contributed by atoms with Gasteiger partial charge < -0.3 is 0 Å². The molecule has 2 atom stereocenters. The van der Waals surface area contributed by atoms with Crippen LogP contribution in [-0.4, -0.2) is 5.78 Å². The SMILES string of the molecule is CCCCC(CC)C(=O)C(C)CCC. The Bertz CT molecular complexity index is 151. The van der Waals surface area contributed by atoms with Crippen molar-refractivity contribution in [3.8, 4) is 0 Å². The zero-order valence-electron chi connectivity index (χ0n) is 10.3. The van der Waals surface area contributed by atoms with Crippen molar-refractivity contribution in [2.45, 2.75) is 66.2 Å². The number of carbonyl (C=O) groups excluding carboxylic acids is 1. The summed E-state index contributed by atoms with van der Waals surface area (Å²) in [6, 6.07) is 0. The van der Waals surface area contributed by atoms with E-state index in [1.54, 1.807) is 0 Å². The van der Waals surface area contributed by atoms with Gasteiger partial charge in [-0.05, 0) is 19.3 Å². The lowest BCUT2D eigenvalue weighted by molar-refractivity contribution is -0.126. The van der Waals surface area contributed by atoms with E-state index >= 15 is 0 Å². The standard InChI is InChI=1S/C13H26O/c1-5-8-10-12(7-3)13(14)11(4)9-6-2/h11-12H,5-10H2,1-4H3. The molecular weight excluding hydrogens is 172 g/mol. The largest absolute Gasteiger partial charge is 0.299 e. The third-order valence-electron chi connectivity index (χ3n) is 3.01. The first-order valence-electron chi connectivity index (χ1n) is 6.20. The number of Topliss-reactive ketones (excluding diaryl/α,β-unsaturated/α-hetero) is 1. The van der Waals surface area contributed by atoms with Gasteiger partial charge in [0.15, 0.2) is 0 Å². The topological polar surface area (TPSA) is 17.1 Å². The van der Waals surface area contributed by atoms with E-state index in [0.29, 0.717) is 11.7 Å². The van der Waals surface area contributed by atoms with Crippen LogP contribution in [0.4, 0.5) is 0 Å². The Morgan fingerprint density at radius 3 is 2.14 bits per heavy atom. The minimum absolute atomic E-state index is 0.279. The highest BCUT2D eigenvalue weighted by Gasteiger charge is 2.20. The molecule has 0 amide bonds. The molecule has 0 aliphatic carbocycles. The monoisotopic (exact) mass is 198 g/mol. The predicted octanol–water partition coefficient (Wildman–Crippen LogP) is 4.21. The third kappa shape index (κ3) is 4.78. The molecule has 0 fully saturated rings. The second kappa shape index (κ2) is 8.02. The van der Waals surface area contributed by atoms with Gasteiger partial charge in [-0.25, -0.2) is 0 Å². The average Bonchev–Trinajstić information content (AvgIpc) is 2.19. The lowest BCUT2D eigenvalue weighted by Gasteiger charge is -2.17. The lowest BCUT2D eigenvalue weighted by Crippen LogP contribution is -2.21. The molecule has 0 radical (unpaired) electrons. The van der Waals surface area contributed by atoms with Crippen molar-refractivity contribution in [1.82, 2.24) is 0 Å². The molecule has 0 saturated carbocycles. The number of hydrogen-bond donors (Lipinski definition) is 0. The second-order valence-corrected chi connectivity index (χ2v) is 4.34. The summed E-state index contributed by atoms with van der Waals surface area (Å²) in [5.41, 5.74) is 0. The van der Waals surface area contributed by atoms with Crippen molar-refractivity contribution >= 4 is 5.78 Å².